The first-order valence-electron chi connectivity index (χ1n) is 1.73. The molecule has 4 heavy (non-hydrogen) atoms. The monoisotopic (exact) mass is 58.1 g/mol. The third-order valence-corrected chi connectivity index (χ3v) is 0.707. The fourth-order valence-electron chi connectivity index (χ4n) is 0.136. The molecule has 0 bridgehead atoms. The van der Waals surface area contributed by atoms with Crippen molar-refractivity contribution in [3.05, 3.63) is 0 Å². The van der Waals surface area contributed by atoms with Crippen LogP contribution in [-0.4, -0.2) is 12.6 Å². The molecule has 0 aromatic carbocycles. The summed E-state index contributed by atoms with van der Waals surface area (Å²) in [5.41, 5.74) is 0. The van der Waals surface area contributed by atoms with Crippen molar-refractivity contribution in [3.63, 3.8) is 0 Å². The van der Waals surface area contributed by atoms with Gasteiger partial charge in [0.15, 0.2) is 0 Å². The molecule has 1 heteroatoms. The van der Waals surface area contributed by atoms with Gasteiger partial charge in [0.1, 0.15) is 12.6 Å². The van der Waals surface area contributed by atoms with Crippen LogP contribution in [0.5, 0.6) is 0 Å². The molecule has 1 atom stereocenters. The number of nitrogens with two attached hydrogens (primary N) is 1. The Hall–Kier alpha value is -0.0400. The lowest BCUT2D eigenvalue weighted by atomic mass is 10.6. The molecule has 0 radical (unpaired) electrons. The van der Waals surface area contributed by atoms with Crippen molar-refractivity contribution in [1.82, 2.24) is 0 Å². The first kappa shape index (κ1) is 2.21. The lowest BCUT2D eigenvalue weighted by molar-refractivity contribution is -0.493. The maximum atomic E-state index is 2.29. The second-order valence-corrected chi connectivity index (χ2v) is 1.45. The molecule has 0 amide bonds. The van der Waals surface area contributed by atoms with E-state index in [0.717, 1.165) is 6.04 Å². The molecule has 2 N–H and O–H groups in total. The second-order valence-electron chi connectivity index (χ2n) is 1.45. The minimum absolute atomic E-state index is 0.958. The summed E-state index contributed by atoms with van der Waals surface area (Å²) in [5, 5.41) is 2.29. The Morgan fingerprint density at radius 3 is 2.25 bits per heavy atom. The SMILES string of the molecule is CC1C[NH2+]1. The van der Waals surface area contributed by atoms with E-state index in [1.807, 2.05) is 0 Å². The molecule has 1 unspecified atom stereocenters. The zero-order valence-corrected chi connectivity index (χ0v) is 2.86. The summed E-state index contributed by atoms with van der Waals surface area (Å²) in [6, 6.07) is 0.958. The predicted molar refractivity (Wildman–Crippen MR) is 16.3 cm³/mol. The Balaban J connectivity index is 2.17. The zero-order chi connectivity index (χ0) is 2.99. The molecule has 1 aliphatic rings. The Morgan fingerprint density at radius 1 is 2.00 bits per heavy atom. The number of quaternary nitrogens is 1. The molecular formula is C3H8N+. The van der Waals surface area contributed by atoms with E-state index in [0.29, 0.717) is 0 Å². The highest BCUT2D eigenvalue weighted by Crippen LogP contribution is 1.70. The van der Waals surface area contributed by atoms with Gasteiger partial charge in [0.05, 0.1) is 0 Å². The summed E-state index contributed by atoms with van der Waals surface area (Å²) >= 11 is 0. The molecule has 24 valence electrons. The normalized spacial score (nSPS) is 39.8. The molecular weight excluding hydrogens is 50.0 g/mol. The average Bonchev–Trinajstić information content (AvgIpc) is 1.75. The minimum Gasteiger partial charge on any atom is -0.334 e. The Kier molecular flexibility index (Phi) is 0.256. The van der Waals surface area contributed by atoms with Crippen LogP contribution in [0.15, 0.2) is 0 Å². The van der Waals surface area contributed by atoms with Crippen LogP contribution in [0.1, 0.15) is 6.92 Å². The van der Waals surface area contributed by atoms with Gasteiger partial charge < -0.3 is 5.32 Å². The van der Waals surface area contributed by atoms with Gasteiger partial charge in [0, 0.05) is 0 Å². The molecule has 1 aliphatic heterocycles. The number of hydrogen-bond donors (Lipinski definition) is 1. The Morgan fingerprint density at radius 2 is 2.25 bits per heavy atom. The van der Waals surface area contributed by atoms with Gasteiger partial charge in [-0.2, -0.15) is 0 Å². The van der Waals surface area contributed by atoms with E-state index < -0.39 is 0 Å². The van der Waals surface area contributed by atoms with Crippen molar-refractivity contribution in [2.24, 2.45) is 0 Å². The van der Waals surface area contributed by atoms with Gasteiger partial charge in [-0.3, -0.25) is 0 Å². The number of rotatable bonds is 0. The van der Waals surface area contributed by atoms with E-state index in [9.17, 15) is 0 Å². The van der Waals surface area contributed by atoms with E-state index in [1.54, 1.807) is 0 Å². The molecule has 1 heterocycles. The second kappa shape index (κ2) is 0.462. The summed E-state index contributed by atoms with van der Waals surface area (Å²) in [5.74, 6) is 0. The topological polar surface area (TPSA) is 16.6 Å². The summed E-state index contributed by atoms with van der Waals surface area (Å²) < 4.78 is 0. The van der Waals surface area contributed by atoms with Gasteiger partial charge in [0.2, 0.25) is 0 Å². The summed E-state index contributed by atoms with van der Waals surface area (Å²) in [4.78, 5) is 0. The Bertz CT molecular complexity index is 22.5. The first-order valence-corrected chi connectivity index (χ1v) is 1.73. The highest BCUT2D eigenvalue weighted by molar-refractivity contribution is 4.47. The van der Waals surface area contributed by atoms with Crippen LogP contribution in [0.3, 0.4) is 0 Å². The van der Waals surface area contributed by atoms with E-state index in [2.05, 4.69) is 12.2 Å². The minimum atomic E-state index is 0.958. The fourth-order valence-corrected chi connectivity index (χ4v) is 0.136. The van der Waals surface area contributed by atoms with Crippen molar-refractivity contribution in [2.45, 2.75) is 13.0 Å². The van der Waals surface area contributed by atoms with Crippen molar-refractivity contribution >= 4 is 0 Å². The Labute approximate surface area is 26.0 Å². The van der Waals surface area contributed by atoms with E-state index in [1.165, 1.54) is 6.54 Å². The van der Waals surface area contributed by atoms with E-state index in [4.69, 9.17) is 0 Å². The van der Waals surface area contributed by atoms with Crippen LogP contribution in [0.4, 0.5) is 0 Å². The smallest absolute Gasteiger partial charge is 0.133 e. The fraction of sp³-hybridized carbons (Fsp3) is 1.00. The van der Waals surface area contributed by atoms with Gasteiger partial charge >= 0.3 is 0 Å². The van der Waals surface area contributed by atoms with Crippen molar-refractivity contribution in [3.8, 4) is 0 Å². The molecule has 0 aromatic heterocycles. The maximum Gasteiger partial charge on any atom is 0.133 e. The van der Waals surface area contributed by atoms with Crippen LogP contribution in [0, 0.1) is 0 Å². The van der Waals surface area contributed by atoms with Crippen LogP contribution < -0.4 is 5.32 Å². The quantitative estimate of drug-likeness (QED) is 0.342. The predicted octanol–water partition coefficient (Wildman–Crippen LogP) is -1.05. The summed E-state index contributed by atoms with van der Waals surface area (Å²) in [6.07, 6.45) is 0. The van der Waals surface area contributed by atoms with Crippen LogP contribution in [0.2, 0.25) is 0 Å². The van der Waals surface area contributed by atoms with Crippen LogP contribution in [-0.2, 0) is 0 Å². The third kappa shape index (κ3) is 0.206. The molecule has 1 nitrogen and oxygen atoms in total. The first-order chi connectivity index (χ1) is 1.89. The molecule has 0 spiro atoms. The van der Waals surface area contributed by atoms with Crippen molar-refractivity contribution in [1.29, 1.82) is 0 Å². The van der Waals surface area contributed by atoms with Gasteiger partial charge in [-0.1, -0.05) is 0 Å². The van der Waals surface area contributed by atoms with Crippen LogP contribution in [0.25, 0.3) is 0 Å². The average molecular weight is 58.1 g/mol. The van der Waals surface area contributed by atoms with Gasteiger partial charge in [-0.15, -0.1) is 0 Å². The summed E-state index contributed by atoms with van der Waals surface area (Å²) in [7, 11) is 0. The highest BCUT2D eigenvalue weighted by Gasteiger charge is 2.18. The third-order valence-electron chi connectivity index (χ3n) is 0.707. The van der Waals surface area contributed by atoms with Gasteiger partial charge in [-0.25, -0.2) is 0 Å². The lowest BCUT2D eigenvalue weighted by Gasteiger charge is -1.46. The highest BCUT2D eigenvalue weighted by atomic mass is 15.1. The molecule has 1 saturated heterocycles. The van der Waals surface area contributed by atoms with Crippen molar-refractivity contribution < 1.29 is 5.32 Å². The lowest BCUT2D eigenvalue weighted by Crippen LogP contribution is -2.58. The van der Waals surface area contributed by atoms with Gasteiger partial charge in [-0.05, 0) is 6.92 Å². The van der Waals surface area contributed by atoms with E-state index >= 15 is 0 Å². The molecule has 0 saturated carbocycles. The largest absolute Gasteiger partial charge is 0.334 e. The molecule has 1 fully saturated rings. The standard InChI is InChI=1S/C3H7N/c1-3-2-4-3/h3-4H,2H2,1H3/p+1. The van der Waals surface area contributed by atoms with Crippen molar-refractivity contribution in [2.75, 3.05) is 6.54 Å². The molecule has 1 rings (SSSR count). The zero-order valence-electron chi connectivity index (χ0n) is 2.86. The van der Waals surface area contributed by atoms with Gasteiger partial charge in [0.25, 0.3) is 0 Å². The number of hydrogen-bond acceptors (Lipinski definition) is 0. The maximum absolute atomic E-state index is 2.29. The molecule has 0 aromatic rings. The summed E-state index contributed by atoms with van der Waals surface area (Å²) in [6.45, 7) is 3.58. The van der Waals surface area contributed by atoms with E-state index in [-0.39, 0.29) is 0 Å². The van der Waals surface area contributed by atoms with Crippen LogP contribution >= 0.6 is 0 Å². The molecule has 0 aliphatic carbocycles.